The van der Waals surface area contributed by atoms with Crippen LogP contribution in [0.3, 0.4) is 0 Å². The van der Waals surface area contributed by atoms with Gasteiger partial charge in [-0.2, -0.15) is 4.31 Å². The average Bonchev–Trinajstić information content (AvgIpc) is 3.11. The lowest BCUT2D eigenvalue weighted by Crippen LogP contribution is -2.38. The highest BCUT2D eigenvalue weighted by atomic mass is 32.2. The van der Waals surface area contributed by atoms with Gasteiger partial charge in [0, 0.05) is 12.1 Å². The van der Waals surface area contributed by atoms with Gasteiger partial charge in [-0.25, -0.2) is 13.4 Å². The van der Waals surface area contributed by atoms with Crippen molar-refractivity contribution in [2.24, 2.45) is 4.99 Å². The number of benzene rings is 3. The van der Waals surface area contributed by atoms with Gasteiger partial charge in [-0.05, 0) is 42.8 Å². The first-order chi connectivity index (χ1) is 15.9. The van der Waals surface area contributed by atoms with Gasteiger partial charge >= 0.3 is 0 Å². The molecule has 0 bridgehead atoms. The van der Waals surface area contributed by atoms with E-state index < -0.39 is 21.2 Å². The Hall–Kier alpha value is -3.43. The summed E-state index contributed by atoms with van der Waals surface area (Å²) in [5.74, 6) is -1.08. The molecule has 1 atom stereocenters. The molecule has 7 nitrogen and oxygen atoms in total. The summed E-state index contributed by atoms with van der Waals surface area (Å²) in [5, 5.41) is 1.89. The first-order valence-electron chi connectivity index (χ1n) is 10.2. The van der Waals surface area contributed by atoms with Gasteiger partial charge in [0.05, 0.1) is 10.6 Å². The lowest BCUT2D eigenvalue weighted by Gasteiger charge is -2.17. The van der Waals surface area contributed by atoms with E-state index in [-0.39, 0.29) is 22.4 Å². The van der Waals surface area contributed by atoms with Gasteiger partial charge in [-0.1, -0.05) is 66.4 Å². The van der Waals surface area contributed by atoms with E-state index in [9.17, 15) is 18.0 Å². The van der Waals surface area contributed by atoms with Crippen LogP contribution in [0.4, 0.5) is 11.4 Å². The molecule has 168 valence electrons. The van der Waals surface area contributed by atoms with Gasteiger partial charge in [0.15, 0.2) is 5.17 Å². The maximum Gasteiger partial charge on any atom is 0.272 e. The normalized spacial score (nSPS) is 17.4. The van der Waals surface area contributed by atoms with Crippen molar-refractivity contribution in [2.75, 3.05) is 5.32 Å². The molecule has 0 aromatic heterocycles. The first-order valence-corrected chi connectivity index (χ1v) is 12.5. The third-order valence-corrected chi connectivity index (χ3v) is 7.90. The molecule has 1 heterocycles. The lowest BCUT2D eigenvalue weighted by atomic mass is 10.2. The second-order valence-corrected chi connectivity index (χ2v) is 10.3. The Kier molecular flexibility index (Phi) is 6.62. The quantitative estimate of drug-likeness (QED) is 0.567. The van der Waals surface area contributed by atoms with Gasteiger partial charge < -0.3 is 5.32 Å². The first kappa shape index (κ1) is 22.8. The minimum absolute atomic E-state index is 0.0174. The van der Waals surface area contributed by atoms with Gasteiger partial charge in [-0.15, -0.1) is 0 Å². The van der Waals surface area contributed by atoms with Crippen LogP contribution in [-0.2, 0) is 19.6 Å². The highest BCUT2D eigenvalue weighted by Crippen LogP contribution is 2.35. The molecular weight excluding hydrogens is 458 g/mol. The van der Waals surface area contributed by atoms with Crippen molar-refractivity contribution < 1.29 is 18.0 Å². The van der Waals surface area contributed by atoms with Crippen molar-refractivity contribution in [3.05, 3.63) is 90.5 Å². The third kappa shape index (κ3) is 4.99. The minimum Gasteiger partial charge on any atom is -0.326 e. The van der Waals surface area contributed by atoms with E-state index in [1.165, 1.54) is 12.1 Å². The predicted molar refractivity (Wildman–Crippen MR) is 130 cm³/mol. The summed E-state index contributed by atoms with van der Waals surface area (Å²) in [6, 6.07) is 23.8. The van der Waals surface area contributed by atoms with Crippen molar-refractivity contribution in [3.8, 4) is 0 Å². The molecule has 2 amide bonds. The number of sulfonamides is 1. The highest BCUT2D eigenvalue weighted by Gasteiger charge is 2.46. The number of carbonyl (C=O) groups is 2. The molecule has 0 spiro atoms. The summed E-state index contributed by atoms with van der Waals surface area (Å²) in [6.45, 7) is 1.86. The fourth-order valence-electron chi connectivity index (χ4n) is 3.27. The number of para-hydroxylation sites is 2. The molecule has 0 radical (unpaired) electrons. The third-order valence-electron chi connectivity index (χ3n) is 4.95. The molecule has 1 aliphatic heterocycles. The van der Waals surface area contributed by atoms with E-state index in [4.69, 9.17) is 0 Å². The van der Waals surface area contributed by atoms with E-state index in [0.29, 0.717) is 15.7 Å². The van der Waals surface area contributed by atoms with Crippen LogP contribution in [-0.4, -0.2) is 35.0 Å². The van der Waals surface area contributed by atoms with Crippen LogP contribution in [0, 0.1) is 6.92 Å². The summed E-state index contributed by atoms with van der Waals surface area (Å²) >= 11 is 0.973. The van der Waals surface area contributed by atoms with E-state index in [1.54, 1.807) is 54.6 Å². The lowest BCUT2D eigenvalue weighted by molar-refractivity contribution is -0.125. The maximum atomic E-state index is 13.3. The average molecular weight is 480 g/mol. The molecular formula is C24H21N3O4S2. The Balaban J connectivity index is 1.64. The number of carbonyl (C=O) groups excluding carboxylic acids is 2. The molecule has 3 aromatic carbocycles. The standard InChI is InChI=1S/C24H21N3O4S2/c1-17-10-8-9-15-20(17)26-22(28)16-21-23(29)27(33(30,31)19-13-6-3-7-14-19)24(32-21)25-18-11-4-2-5-12-18/h2-15,21H,16H2,1H3,(H,26,28)/t21-/m0/s1. The van der Waals surface area contributed by atoms with E-state index in [0.717, 1.165) is 17.3 Å². The van der Waals surface area contributed by atoms with Crippen molar-refractivity contribution in [1.82, 2.24) is 4.31 Å². The largest absolute Gasteiger partial charge is 0.326 e. The molecule has 0 saturated carbocycles. The molecule has 4 rings (SSSR count). The zero-order valence-electron chi connectivity index (χ0n) is 17.7. The molecule has 1 aliphatic rings. The number of aliphatic imine (C=N–C) groups is 1. The van der Waals surface area contributed by atoms with Gasteiger partial charge in [0.1, 0.15) is 5.25 Å². The van der Waals surface area contributed by atoms with E-state index >= 15 is 0 Å². The summed E-state index contributed by atoms with van der Waals surface area (Å²) in [5.41, 5.74) is 2.03. The number of amides is 2. The van der Waals surface area contributed by atoms with Crippen LogP contribution in [0.5, 0.6) is 0 Å². The second-order valence-electron chi connectivity index (χ2n) is 7.32. The monoisotopic (exact) mass is 479 g/mol. The molecule has 0 aliphatic carbocycles. The number of aryl methyl sites for hydroxylation is 1. The molecule has 3 aromatic rings. The second kappa shape index (κ2) is 9.60. The van der Waals surface area contributed by atoms with Crippen molar-refractivity contribution in [1.29, 1.82) is 0 Å². The Morgan fingerprint density at radius 3 is 2.24 bits per heavy atom. The number of nitrogens with zero attached hydrogens (tertiary/aromatic N) is 2. The summed E-state index contributed by atoms with van der Waals surface area (Å²) < 4.78 is 27.4. The molecule has 1 saturated heterocycles. The van der Waals surface area contributed by atoms with Crippen LogP contribution >= 0.6 is 11.8 Å². The molecule has 0 unspecified atom stereocenters. The minimum atomic E-state index is -4.19. The van der Waals surface area contributed by atoms with Crippen LogP contribution < -0.4 is 5.32 Å². The molecule has 33 heavy (non-hydrogen) atoms. The molecule has 1 fully saturated rings. The number of anilines is 1. The summed E-state index contributed by atoms with van der Waals surface area (Å²) in [7, 11) is -4.19. The van der Waals surface area contributed by atoms with E-state index in [2.05, 4.69) is 10.3 Å². The van der Waals surface area contributed by atoms with Crippen molar-refractivity contribution in [3.63, 3.8) is 0 Å². The SMILES string of the molecule is Cc1ccccc1NC(=O)C[C@@H]1SC(=Nc2ccccc2)N(S(=O)(=O)c2ccccc2)C1=O. The number of thioether (sulfide) groups is 1. The van der Waals surface area contributed by atoms with Gasteiger partial charge in [0.25, 0.3) is 15.9 Å². The highest BCUT2D eigenvalue weighted by molar-refractivity contribution is 8.17. The zero-order chi connectivity index (χ0) is 23.4. The number of hydrogen-bond acceptors (Lipinski definition) is 6. The Bertz CT molecular complexity index is 1310. The Morgan fingerprint density at radius 2 is 1.58 bits per heavy atom. The molecule has 9 heteroatoms. The number of hydrogen-bond donors (Lipinski definition) is 1. The summed E-state index contributed by atoms with van der Waals surface area (Å²) in [4.78, 5) is 30.3. The van der Waals surface area contributed by atoms with Crippen molar-refractivity contribution in [2.45, 2.75) is 23.5 Å². The van der Waals surface area contributed by atoms with Crippen LogP contribution in [0.2, 0.25) is 0 Å². The Labute approximate surface area is 196 Å². The van der Waals surface area contributed by atoms with Crippen molar-refractivity contribution >= 4 is 50.1 Å². The molecule has 1 N–H and O–H groups in total. The van der Waals surface area contributed by atoms with Crippen LogP contribution in [0.15, 0.2) is 94.8 Å². The van der Waals surface area contributed by atoms with Gasteiger partial charge in [0.2, 0.25) is 5.91 Å². The van der Waals surface area contributed by atoms with Gasteiger partial charge in [-0.3, -0.25) is 9.59 Å². The number of rotatable bonds is 6. The summed E-state index contributed by atoms with van der Waals surface area (Å²) in [6.07, 6.45) is -0.188. The zero-order valence-corrected chi connectivity index (χ0v) is 19.3. The smallest absolute Gasteiger partial charge is 0.272 e. The fraction of sp³-hybridized carbons (Fsp3) is 0.125. The number of nitrogens with one attached hydrogen (secondary N) is 1. The number of amidine groups is 1. The van der Waals surface area contributed by atoms with Crippen LogP contribution in [0.1, 0.15) is 12.0 Å². The van der Waals surface area contributed by atoms with Crippen LogP contribution in [0.25, 0.3) is 0 Å². The maximum absolute atomic E-state index is 13.3. The van der Waals surface area contributed by atoms with E-state index in [1.807, 2.05) is 25.1 Å². The predicted octanol–water partition coefficient (Wildman–Crippen LogP) is 4.34. The Morgan fingerprint density at radius 1 is 0.970 bits per heavy atom. The topological polar surface area (TPSA) is 95.9 Å². The fourth-order valence-corrected chi connectivity index (χ4v) is 6.12.